The van der Waals surface area contributed by atoms with E-state index < -0.39 is 5.54 Å². The van der Waals surface area contributed by atoms with Crippen molar-refractivity contribution in [2.45, 2.75) is 59.5 Å². The molecule has 1 atom stereocenters. The first-order chi connectivity index (χ1) is 12.6. The van der Waals surface area contributed by atoms with Gasteiger partial charge in [-0.15, -0.1) is 10.2 Å². The molecule has 0 saturated heterocycles. The predicted octanol–water partition coefficient (Wildman–Crippen LogP) is 4.73. The van der Waals surface area contributed by atoms with Crippen LogP contribution in [0.1, 0.15) is 70.0 Å². The molecule has 0 aliphatic rings. The molecule has 2 aromatic rings. The third-order valence-corrected chi connectivity index (χ3v) is 4.36. The van der Waals surface area contributed by atoms with Gasteiger partial charge in [0.15, 0.2) is 0 Å². The normalized spacial score (nSPS) is 12.7. The van der Waals surface area contributed by atoms with E-state index in [9.17, 15) is 4.79 Å². The molecule has 1 aromatic carbocycles. The number of carbonyl (C=O) groups is 1. The number of aryl methyl sites for hydroxylation is 1. The van der Waals surface area contributed by atoms with Gasteiger partial charge in [-0.25, -0.2) is 4.79 Å². The molecule has 27 heavy (non-hydrogen) atoms. The summed E-state index contributed by atoms with van der Waals surface area (Å²) >= 11 is 0. The Hall–Kier alpha value is -2.63. The van der Waals surface area contributed by atoms with Crippen LogP contribution < -0.4 is 10.6 Å². The van der Waals surface area contributed by atoms with E-state index in [1.165, 1.54) is 0 Å². The number of benzene rings is 1. The van der Waals surface area contributed by atoms with Gasteiger partial charge in [-0.2, -0.15) is 0 Å². The zero-order chi connectivity index (χ0) is 20.2. The third-order valence-electron chi connectivity index (χ3n) is 4.36. The van der Waals surface area contributed by atoms with E-state index in [-0.39, 0.29) is 12.1 Å². The van der Waals surface area contributed by atoms with E-state index in [4.69, 9.17) is 4.42 Å². The molecule has 2 N–H and O–H groups in total. The minimum atomic E-state index is -0.553. The standard InChI is InChI=1S/C21H30N4O2/c1-13(2)11-18(19-25-24-15(5)27-19)22-20(26)23-21(6,7)17-10-8-9-16(12-17)14(3)4/h8-10,12-13,18H,3,11H2,1-2,4-7H3,(H2,22,23,26). The van der Waals surface area contributed by atoms with Gasteiger partial charge >= 0.3 is 6.03 Å². The van der Waals surface area contributed by atoms with E-state index >= 15 is 0 Å². The maximum absolute atomic E-state index is 12.7. The summed E-state index contributed by atoms with van der Waals surface area (Å²) in [7, 11) is 0. The Morgan fingerprint density at radius 2 is 2.00 bits per heavy atom. The highest BCUT2D eigenvalue weighted by molar-refractivity contribution is 5.75. The Kier molecular flexibility index (Phi) is 6.41. The van der Waals surface area contributed by atoms with Crippen LogP contribution in [0.5, 0.6) is 0 Å². The Balaban J connectivity index is 2.13. The van der Waals surface area contributed by atoms with Gasteiger partial charge in [0.05, 0.1) is 5.54 Å². The minimum Gasteiger partial charge on any atom is -0.423 e. The highest BCUT2D eigenvalue weighted by Gasteiger charge is 2.27. The molecule has 0 radical (unpaired) electrons. The van der Waals surface area contributed by atoms with Crippen molar-refractivity contribution in [3.8, 4) is 0 Å². The number of carbonyl (C=O) groups excluding carboxylic acids is 1. The van der Waals surface area contributed by atoms with Crippen molar-refractivity contribution in [3.63, 3.8) is 0 Å². The van der Waals surface area contributed by atoms with Crippen LogP contribution in [0.4, 0.5) is 4.79 Å². The second kappa shape index (κ2) is 8.37. The lowest BCUT2D eigenvalue weighted by Gasteiger charge is -2.29. The molecule has 146 valence electrons. The summed E-state index contributed by atoms with van der Waals surface area (Å²) in [5.74, 6) is 1.28. The van der Waals surface area contributed by atoms with E-state index in [1.54, 1.807) is 6.92 Å². The van der Waals surface area contributed by atoms with Crippen molar-refractivity contribution >= 4 is 11.6 Å². The molecule has 2 amide bonds. The second-order valence-corrected chi connectivity index (χ2v) is 7.93. The maximum atomic E-state index is 12.7. The fraction of sp³-hybridized carbons (Fsp3) is 0.476. The molecule has 0 saturated carbocycles. The molecule has 1 aromatic heterocycles. The lowest BCUT2D eigenvalue weighted by Crippen LogP contribution is -2.47. The molecule has 1 heterocycles. The van der Waals surface area contributed by atoms with Crippen molar-refractivity contribution in [2.75, 3.05) is 0 Å². The number of nitrogens with zero attached hydrogens (tertiary/aromatic N) is 2. The first-order valence-corrected chi connectivity index (χ1v) is 9.23. The fourth-order valence-corrected chi connectivity index (χ4v) is 2.87. The number of hydrogen-bond donors (Lipinski definition) is 2. The number of allylic oxidation sites excluding steroid dienone is 1. The maximum Gasteiger partial charge on any atom is 0.316 e. The molecule has 2 rings (SSSR count). The van der Waals surface area contributed by atoms with E-state index in [0.29, 0.717) is 24.1 Å². The summed E-state index contributed by atoms with van der Waals surface area (Å²) in [6, 6.07) is 7.43. The number of rotatable bonds is 7. The Morgan fingerprint density at radius 3 is 2.56 bits per heavy atom. The summed E-state index contributed by atoms with van der Waals surface area (Å²) in [6.07, 6.45) is 0.709. The number of urea groups is 1. The summed E-state index contributed by atoms with van der Waals surface area (Å²) < 4.78 is 5.53. The minimum absolute atomic E-state index is 0.276. The number of hydrogen-bond acceptors (Lipinski definition) is 4. The molecule has 6 nitrogen and oxygen atoms in total. The van der Waals surface area contributed by atoms with Crippen LogP contribution in [0.15, 0.2) is 35.3 Å². The Bertz CT molecular complexity index is 808. The third kappa shape index (κ3) is 5.67. The van der Waals surface area contributed by atoms with E-state index in [1.807, 2.05) is 39.0 Å². The molecular formula is C21H30N4O2. The van der Waals surface area contributed by atoms with Gasteiger partial charge in [0.2, 0.25) is 11.8 Å². The van der Waals surface area contributed by atoms with E-state index in [0.717, 1.165) is 16.7 Å². The molecule has 0 aliphatic carbocycles. The van der Waals surface area contributed by atoms with Crippen LogP contribution in [-0.2, 0) is 5.54 Å². The van der Waals surface area contributed by atoms with Crippen LogP contribution in [0, 0.1) is 12.8 Å². The quantitative estimate of drug-likeness (QED) is 0.738. The van der Waals surface area contributed by atoms with Crippen LogP contribution >= 0.6 is 0 Å². The van der Waals surface area contributed by atoms with Crippen molar-refractivity contribution in [3.05, 3.63) is 53.8 Å². The van der Waals surface area contributed by atoms with Gasteiger partial charge in [-0.1, -0.05) is 44.2 Å². The highest BCUT2D eigenvalue weighted by atomic mass is 16.4. The van der Waals surface area contributed by atoms with Gasteiger partial charge in [-0.05, 0) is 50.3 Å². The molecule has 0 aliphatic heterocycles. The number of nitrogens with one attached hydrogen (secondary N) is 2. The van der Waals surface area contributed by atoms with Gasteiger partial charge in [0.1, 0.15) is 6.04 Å². The monoisotopic (exact) mass is 370 g/mol. The van der Waals surface area contributed by atoms with Crippen molar-refractivity contribution in [2.24, 2.45) is 5.92 Å². The number of aromatic nitrogens is 2. The SMILES string of the molecule is C=C(C)c1cccc(C(C)(C)NC(=O)NC(CC(C)C)c2nnc(C)o2)c1. The van der Waals surface area contributed by atoms with E-state index in [2.05, 4.69) is 47.3 Å². The van der Waals surface area contributed by atoms with Gasteiger partial charge in [-0.3, -0.25) is 0 Å². The van der Waals surface area contributed by atoms with Crippen LogP contribution in [0.25, 0.3) is 5.57 Å². The molecule has 0 fully saturated rings. The Morgan fingerprint density at radius 1 is 1.30 bits per heavy atom. The summed E-state index contributed by atoms with van der Waals surface area (Å²) in [5, 5.41) is 14.0. The molecular weight excluding hydrogens is 340 g/mol. The summed E-state index contributed by atoms with van der Waals surface area (Å²) in [5.41, 5.74) is 2.50. The average Bonchev–Trinajstić information content (AvgIpc) is 3.00. The van der Waals surface area contributed by atoms with Gasteiger partial charge < -0.3 is 15.1 Å². The summed E-state index contributed by atoms with van der Waals surface area (Å²) in [4.78, 5) is 12.7. The lowest BCUT2D eigenvalue weighted by atomic mass is 9.92. The van der Waals surface area contributed by atoms with Crippen molar-refractivity contribution < 1.29 is 9.21 Å². The van der Waals surface area contributed by atoms with Crippen LogP contribution in [0.2, 0.25) is 0 Å². The zero-order valence-electron chi connectivity index (χ0n) is 17.1. The van der Waals surface area contributed by atoms with Gasteiger partial charge in [0, 0.05) is 6.92 Å². The smallest absolute Gasteiger partial charge is 0.316 e. The highest BCUT2D eigenvalue weighted by Crippen LogP contribution is 2.24. The number of amides is 2. The average molecular weight is 370 g/mol. The van der Waals surface area contributed by atoms with Crippen molar-refractivity contribution in [1.29, 1.82) is 0 Å². The fourth-order valence-electron chi connectivity index (χ4n) is 2.87. The largest absolute Gasteiger partial charge is 0.423 e. The van der Waals surface area contributed by atoms with Crippen molar-refractivity contribution in [1.82, 2.24) is 20.8 Å². The molecule has 0 bridgehead atoms. The Labute approximate surface area is 161 Å². The second-order valence-electron chi connectivity index (χ2n) is 7.93. The first kappa shape index (κ1) is 20.7. The topological polar surface area (TPSA) is 80.0 Å². The van der Waals surface area contributed by atoms with Crippen LogP contribution in [0.3, 0.4) is 0 Å². The zero-order valence-corrected chi connectivity index (χ0v) is 17.1. The first-order valence-electron chi connectivity index (χ1n) is 9.23. The predicted molar refractivity (Wildman–Crippen MR) is 107 cm³/mol. The molecule has 1 unspecified atom stereocenters. The molecule has 6 heteroatoms. The van der Waals surface area contributed by atoms with Gasteiger partial charge in [0.25, 0.3) is 0 Å². The lowest BCUT2D eigenvalue weighted by molar-refractivity contribution is 0.220. The van der Waals surface area contributed by atoms with Crippen LogP contribution in [-0.4, -0.2) is 16.2 Å². The molecule has 0 spiro atoms. The summed E-state index contributed by atoms with van der Waals surface area (Å²) in [6.45, 7) is 15.8.